The van der Waals surface area contributed by atoms with Crippen LogP contribution in [-0.2, 0) is 11.3 Å². The molecule has 1 amide bonds. The first-order valence-electron chi connectivity index (χ1n) is 7.64. The average Bonchev–Trinajstić information content (AvgIpc) is 2.60. The molecule has 0 saturated heterocycles. The highest BCUT2D eigenvalue weighted by molar-refractivity contribution is 5.94. The molecule has 0 saturated carbocycles. The van der Waals surface area contributed by atoms with Crippen LogP contribution in [0.2, 0.25) is 0 Å². The SMILES string of the molecule is CCC(COC)NC(=O)c1cccc(OCc2cccnc2)c1. The van der Waals surface area contributed by atoms with E-state index in [0.717, 1.165) is 12.0 Å². The van der Waals surface area contributed by atoms with Crippen LogP contribution in [-0.4, -0.2) is 30.6 Å². The molecular formula is C18H22N2O3. The summed E-state index contributed by atoms with van der Waals surface area (Å²) in [4.78, 5) is 16.3. The third kappa shape index (κ3) is 5.38. The Bertz CT molecular complexity index is 617. The van der Waals surface area contributed by atoms with Crippen LogP contribution >= 0.6 is 0 Å². The molecule has 0 aliphatic heterocycles. The van der Waals surface area contributed by atoms with Gasteiger partial charge < -0.3 is 14.8 Å². The fourth-order valence-electron chi connectivity index (χ4n) is 2.11. The largest absolute Gasteiger partial charge is 0.489 e. The van der Waals surface area contributed by atoms with E-state index in [4.69, 9.17) is 9.47 Å². The van der Waals surface area contributed by atoms with Crippen molar-refractivity contribution in [2.45, 2.75) is 26.0 Å². The van der Waals surface area contributed by atoms with Crippen LogP contribution in [0.3, 0.4) is 0 Å². The number of amides is 1. The van der Waals surface area contributed by atoms with Gasteiger partial charge in [-0.2, -0.15) is 0 Å². The molecule has 1 aromatic carbocycles. The summed E-state index contributed by atoms with van der Waals surface area (Å²) in [7, 11) is 1.63. The Balaban J connectivity index is 1.97. The van der Waals surface area contributed by atoms with E-state index in [0.29, 0.717) is 24.5 Å². The van der Waals surface area contributed by atoms with Crippen molar-refractivity contribution >= 4 is 5.91 Å². The lowest BCUT2D eigenvalue weighted by molar-refractivity contribution is 0.0894. The summed E-state index contributed by atoms with van der Waals surface area (Å²) in [6.07, 6.45) is 4.29. The Kier molecular flexibility index (Phi) is 6.56. The Morgan fingerprint density at radius 3 is 2.87 bits per heavy atom. The lowest BCUT2D eigenvalue weighted by Gasteiger charge is -2.16. The summed E-state index contributed by atoms with van der Waals surface area (Å²) >= 11 is 0. The van der Waals surface area contributed by atoms with Crippen LogP contribution in [0.4, 0.5) is 0 Å². The van der Waals surface area contributed by atoms with Crippen molar-refractivity contribution in [2.75, 3.05) is 13.7 Å². The number of carbonyl (C=O) groups excluding carboxylic acids is 1. The minimum absolute atomic E-state index is 0.00691. The molecule has 0 fully saturated rings. The smallest absolute Gasteiger partial charge is 0.251 e. The van der Waals surface area contributed by atoms with Gasteiger partial charge in [0.1, 0.15) is 12.4 Å². The van der Waals surface area contributed by atoms with Gasteiger partial charge in [0.15, 0.2) is 0 Å². The van der Waals surface area contributed by atoms with Gasteiger partial charge in [-0.15, -0.1) is 0 Å². The fourth-order valence-corrected chi connectivity index (χ4v) is 2.11. The van der Waals surface area contributed by atoms with E-state index in [1.54, 1.807) is 31.6 Å². The fraction of sp³-hybridized carbons (Fsp3) is 0.333. The minimum Gasteiger partial charge on any atom is -0.489 e. The molecule has 5 nitrogen and oxygen atoms in total. The molecule has 1 heterocycles. The molecule has 0 aliphatic carbocycles. The highest BCUT2D eigenvalue weighted by atomic mass is 16.5. The molecule has 2 rings (SSSR count). The third-order valence-corrected chi connectivity index (χ3v) is 3.42. The second-order valence-corrected chi connectivity index (χ2v) is 5.21. The van der Waals surface area contributed by atoms with E-state index in [9.17, 15) is 4.79 Å². The summed E-state index contributed by atoms with van der Waals surface area (Å²) in [5.74, 6) is 0.530. The van der Waals surface area contributed by atoms with Gasteiger partial charge in [-0.25, -0.2) is 0 Å². The van der Waals surface area contributed by atoms with Crippen LogP contribution in [0.5, 0.6) is 5.75 Å². The van der Waals surface area contributed by atoms with E-state index in [-0.39, 0.29) is 11.9 Å². The molecule has 0 aliphatic rings. The van der Waals surface area contributed by atoms with E-state index in [1.165, 1.54) is 0 Å². The maximum Gasteiger partial charge on any atom is 0.251 e. The van der Waals surface area contributed by atoms with Crippen LogP contribution in [0.25, 0.3) is 0 Å². The van der Waals surface area contributed by atoms with Crippen LogP contribution in [0.15, 0.2) is 48.8 Å². The molecule has 23 heavy (non-hydrogen) atoms. The van der Waals surface area contributed by atoms with Crippen molar-refractivity contribution in [3.05, 3.63) is 59.9 Å². The zero-order valence-electron chi connectivity index (χ0n) is 13.5. The second kappa shape index (κ2) is 8.90. The number of hydrogen-bond donors (Lipinski definition) is 1. The number of pyridine rings is 1. The molecule has 0 spiro atoms. The van der Waals surface area contributed by atoms with Crippen molar-refractivity contribution in [2.24, 2.45) is 0 Å². The Morgan fingerprint density at radius 2 is 2.17 bits per heavy atom. The molecule has 122 valence electrons. The van der Waals surface area contributed by atoms with E-state index < -0.39 is 0 Å². The quantitative estimate of drug-likeness (QED) is 0.814. The summed E-state index contributed by atoms with van der Waals surface area (Å²) in [6.45, 7) is 2.93. The van der Waals surface area contributed by atoms with Gasteiger partial charge in [-0.05, 0) is 30.7 Å². The van der Waals surface area contributed by atoms with E-state index in [1.807, 2.05) is 31.2 Å². The molecule has 1 aromatic heterocycles. The van der Waals surface area contributed by atoms with E-state index >= 15 is 0 Å². The number of ether oxygens (including phenoxy) is 2. The highest BCUT2D eigenvalue weighted by Gasteiger charge is 2.12. The summed E-state index contributed by atoms with van der Waals surface area (Å²) in [6, 6.07) is 11.0. The third-order valence-electron chi connectivity index (χ3n) is 3.42. The highest BCUT2D eigenvalue weighted by Crippen LogP contribution is 2.15. The van der Waals surface area contributed by atoms with Crippen molar-refractivity contribution in [3.8, 4) is 5.75 Å². The predicted octanol–water partition coefficient (Wildman–Crippen LogP) is 2.82. The lowest BCUT2D eigenvalue weighted by atomic mass is 10.1. The Morgan fingerprint density at radius 1 is 1.30 bits per heavy atom. The van der Waals surface area contributed by atoms with E-state index in [2.05, 4.69) is 10.3 Å². The Hall–Kier alpha value is -2.40. The Labute approximate surface area is 136 Å². The van der Waals surface area contributed by atoms with Gasteiger partial charge >= 0.3 is 0 Å². The molecule has 1 atom stereocenters. The van der Waals surface area contributed by atoms with Gasteiger partial charge in [0.2, 0.25) is 0 Å². The minimum atomic E-state index is -0.124. The number of aromatic nitrogens is 1. The number of hydrogen-bond acceptors (Lipinski definition) is 4. The topological polar surface area (TPSA) is 60.5 Å². The molecule has 1 unspecified atom stereocenters. The number of benzene rings is 1. The first-order chi connectivity index (χ1) is 11.2. The lowest BCUT2D eigenvalue weighted by Crippen LogP contribution is -2.37. The molecule has 0 bridgehead atoms. The standard InChI is InChI=1S/C18H22N2O3/c1-3-16(13-22-2)20-18(21)15-7-4-8-17(10-15)23-12-14-6-5-9-19-11-14/h4-11,16H,3,12-13H2,1-2H3,(H,20,21). The van der Waals surface area contributed by atoms with Gasteiger partial charge in [-0.3, -0.25) is 9.78 Å². The van der Waals surface area contributed by atoms with Crippen LogP contribution in [0, 0.1) is 0 Å². The summed E-state index contributed by atoms with van der Waals surface area (Å²) in [5.41, 5.74) is 1.55. The van der Waals surface area contributed by atoms with Gasteiger partial charge in [0.25, 0.3) is 5.91 Å². The molecule has 0 radical (unpaired) electrons. The maximum atomic E-state index is 12.3. The van der Waals surface area contributed by atoms with Gasteiger partial charge in [0.05, 0.1) is 12.6 Å². The monoisotopic (exact) mass is 314 g/mol. The maximum absolute atomic E-state index is 12.3. The molecule has 2 aromatic rings. The second-order valence-electron chi connectivity index (χ2n) is 5.21. The number of rotatable bonds is 8. The zero-order chi connectivity index (χ0) is 16.5. The first kappa shape index (κ1) is 17.0. The summed E-state index contributed by atoms with van der Waals surface area (Å²) in [5, 5.41) is 2.96. The van der Waals surface area contributed by atoms with Crippen molar-refractivity contribution in [1.29, 1.82) is 0 Å². The average molecular weight is 314 g/mol. The van der Waals surface area contributed by atoms with Crippen LogP contribution in [0.1, 0.15) is 29.3 Å². The normalized spacial score (nSPS) is 11.7. The van der Waals surface area contributed by atoms with Crippen molar-refractivity contribution in [1.82, 2.24) is 10.3 Å². The summed E-state index contributed by atoms with van der Waals surface area (Å²) < 4.78 is 10.8. The first-order valence-corrected chi connectivity index (χ1v) is 7.64. The van der Waals surface area contributed by atoms with Crippen molar-refractivity contribution in [3.63, 3.8) is 0 Å². The van der Waals surface area contributed by atoms with Gasteiger partial charge in [-0.1, -0.05) is 19.1 Å². The number of methoxy groups -OCH3 is 1. The number of nitrogens with one attached hydrogen (secondary N) is 1. The molecule has 5 heteroatoms. The van der Waals surface area contributed by atoms with Gasteiger partial charge in [0, 0.05) is 30.6 Å². The zero-order valence-corrected chi connectivity index (χ0v) is 13.5. The van der Waals surface area contributed by atoms with Crippen molar-refractivity contribution < 1.29 is 14.3 Å². The molecular weight excluding hydrogens is 292 g/mol. The number of carbonyl (C=O) groups is 1. The number of nitrogens with zero attached hydrogens (tertiary/aromatic N) is 1. The molecule has 1 N–H and O–H groups in total. The predicted molar refractivity (Wildman–Crippen MR) is 88.4 cm³/mol. The van der Waals surface area contributed by atoms with Crippen LogP contribution < -0.4 is 10.1 Å².